The van der Waals surface area contributed by atoms with E-state index in [1.54, 1.807) is 0 Å². The van der Waals surface area contributed by atoms with Gasteiger partial charge >= 0.3 is 0 Å². The number of carbonyl (C=O) groups is 1. The Balaban J connectivity index is 1.80. The molecular formula is C43H78O3. The number of hydrogen-bond acceptors (Lipinski definition) is 3. The van der Waals surface area contributed by atoms with Crippen molar-refractivity contribution in [3.05, 3.63) is 0 Å². The Morgan fingerprint density at radius 1 is 0.522 bits per heavy atom. The minimum absolute atomic E-state index is 0.162. The minimum Gasteiger partial charge on any atom is -0.379 e. The number of carbonyl (C=O) groups excluding carboxylic acids is 1. The zero-order valence-electron chi connectivity index (χ0n) is 31.4. The Labute approximate surface area is 286 Å². The Kier molecular flexibility index (Phi) is 17.0. The van der Waals surface area contributed by atoms with E-state index in [1.165, 1.54) is 141 Å². The van der Waals surface area contributed by atoms with Gasteiger partial charge in [0.25, 0.3) is 0 Å². The second kappa shape index (κ2) is 20.3. The van der Waals surface area contributed by atoms with E-state index in [2.05, 4.69) is 27.7 Å². The molecule has 0 spiro atoms. The van der Waals surface area contributed by atoms with E-state index in [0.717, 1.165) is 57.5 Å². The summed E-state index contributed by atoms with van der Waals surface area (Å²) in [5.41, 5.74) is -0.325. The first-order valence-electron chi connectivity index (χ1n) is 21.3. The van der Waals surface area contributed by atoms with Crippen LogP contribution < -0.4 is 0 Å². The number of Topliss-reactive ketones (excluding diaryl/α,β-unsaturated/α-hetero) is 1. The first-order chi connectivity index (χ1) is 22.5. The lowest BCUT2D eigenvalue weighted by molar-refractivity contribution is -0.164. The molecule has 0 N–H and O–H groups in total. The van der Waals surface area contributed by atoms with Crippen molar-refractivity contribution in [2.75, 3.05) is 13.2 Å². The molecule has 0 amide bonds. The van der Waals surface area contributed by atoms with E-state index in [1.807, 2.05) is 0 Å². The van der Waals surface area contributed by atoms with E-state index < -0.39 is 0 Å². The fraction of sp³-hybridized carbons (Fsp3) is 0.977. The Bertz CT molecular complexity index is 710. The van der Waals surface area contributed by atoms with E-state index in [4.69, 9.17) is 9.47 Å². The average Bonchev–Trinajstić information content (AvgIpc) is 3.11. The van der Waals surface area contributed by atoms with E-state index in [9.17, 15) is 0 Å². The molecule has 0 aromatic carbocycles. The maximum absolute atomic E-state index is 16.7. The molecule has 0 heterocycles. The highest BCUT2D eigenvalue weighted by Gasteiger charge is 2.61. The summed E-state index contributed by atoms with van der Waals surface area (Å²) in [7, 11) is 0. The van der Waals surface area contributed by atoms with Crippen LogP contribution in [0.15, 0.2) is 0 Å². The number of ketones is 1. The lowest BCUT2D eigenvalue weighted by atomic mass is 9.45. The zero-order valence-corrected chi connectivity index (χ0v) is 31.4. The molecule has 3 heteroatoms. The molecule has 0 radical (unpaired) electrons. The van der Waals surface area contributed by atoms with Gasteiger partial charge in [-0.3, -0.25) is 4.79 Å². The van der Waals surface area contributed by atoms with Crippen LogP contribution in [0.4, 0.5) is 0 Å². The Morgan fingerprint density at radius 2 is 0.804 bits per heavy atom. The molecule has 2 unspecified atom stereocenters. The lowest BCUT2D eigenvalue weighted by Crippen LogP contribution is -2.58. The van der Waals surface area contributed by atoms with E-state index >= 15 is 4.79 Å². The van der Waals surface area contributed by atoms with Crippen molar-refractivity contribution >= 4 is 5.78 Å². The van der Waals surface area contributed by atoms with Gasteiger partial charge in [0, 0.05) is 24.0 Å². The van der Waals surface area contributed by atoms with Gasteiger partial charge in [-0.05, 0) is 127 Å². The first kappa shape index (κ1) is 38.4. The van der Waals surface area contributed by atoms with Crippen LogP contribution in [0, 0.1) is 34.5 Å². The summed E-state index contributed by atoms with van der Waals surface area (Å²) in [6.07, 6.45) is 35.8. The first-order valence-corrected chi connectivity index (χ1v) is 21.3. The van der Waals surface area contributed by atoms with Crippen molar-refractivity contribution in [3.8, 4) is 0 Å². The van der Waals surface area contributed by atoms with E-state index in [0.29, 0.717) is 23.7 Å². The van der Waals surface area contributed by atoms with Crippen LogP contribution in [0.25, 0.3) is 0 Å². The summed E-state index contributed by atoms with van der Waals surface area (Å²) in [6, 6.07) is 0. The van der Waals surface area contributed by atoms with Crippen LogP contribution in [0.1, 0.15) is 207 Å². The van der Waals surface area contributed by atoms with Crippen LogP contribution in [0.5, 0.6) is 0 Å². The minimum atomic E-state index is -0.162. The van der Waals surface area contributed by atoms with Crippen molar-refractivity contribution in [2.24, 2.45) is 34.5 Å². The molecule has 4 rings (SSSR count). The highest BCUT2D eigenvalue weighted by atomic mass is 16.5. The Morgan fingerprint density at radius 3 is 1.07 bits per heavy atom. The summed E-state index contributed by atoms with van der Waals surface area (Å²) >= 11 is 0. The average molecular weight is 643 g/mol. The number of hydrogen-bond donors (Lipinski definition) is 0. The quantitative estimate of drug-likeness (QED) is 0.124. The largest absolute Gasteiger partial charge is 0.379 e. The molecule has 4 saturated carbocycles. The third-order valence-electron chi connectivity index (χ3n) is 13.9. The van der Waals surface area contributed by atoms with Gasteiger partial charge in [0.1, 0.15) is 5.78 Å². The molecule has 0 aliphatic heterocycles. The molecule has 0 saturated heterocycles. The molecule has 2 atom stereocenters. The predicted octanol–water partition coefficient (Wildman–Crippen LogP) is 12.8. The summed E-state index contributed by atoms with van der Waals surface area (Å²) in [5, 5.41) is 0. The van der Waals surface area contributed by atoms with Crippen LogP contribution in [-0.2, 0) is 14.3 Å². The predicted molar refractivity (Wildman–Crippen MR) is 195 cm³/mol. The third kappa shape index (κ3) is 9.85. The van der Waals surface area contributed by atoms with Crippen molar-refractivity contribution < 1.29 is 14.3 Å². The molecule has 0 aromatic heterocycles. The Hall–Kier alpha value is -0.410. The molecule has 4 fully saturated rings. The molecule has 268 valence electrons. The maximum atomic E-state index is 16.7. The number of unbranched alkanes of at least 4 members (excludes halogenated alkanes) is 2. The molecular weight excluding hydrogens is 564 g/mol. The van der Waals surface area contributed by atoms with Gasteiger partial charge in [-0.25, -0.2) is 0 Å². The summed E-state index contributed by atoms with van der Waals surface area (Å²) in [4.78, 5) is 16.7. The lowest BCUT2D eigenvalue weighted by Gasteiger charge is -2.57. The zero-order chi connectivity index (χ0) is 32.7. The standard InChI is InChI=1S/C43H78O3/c1-5-7-33-45-35(3)29-31-42(37-21-13-9-14-22-37,38-23-15-10-16-24-38)41(44)43(39-25-17-11-18-26-39,40-27-19-12-20-28-40)32-30-36(4)46-34-8-6-2/h35-40H,5-34H2,1-4H3. The maximum Gasteiger partial charge on any atom is 0.146 e. The van der Waals surface area contributed by atoms with E-state index in [-0.39, 0.29) is 23.0 Å². The smallest absolute Gasteiger partial charge is 0.146 e. The van der Waals surface area contributed by atoms with Gasteiger partial charge in [-0.2, -0.15) is 0 Å². The van der Waals surface area contributed by atoms with Crippen molar-refractivity contribution in [1.82, 2.24) is 0 Å². The molecule has 4 aliphatic rings. The molecule has 4 aliphatic carbocycles. The normalized spacial score (nSPS) is 23.4. The highest BCUT2D eigenvalue weighted by molar-refractivity contribution is 5.92. The van der Waals surface area contributed by atoms with Crippen molar-refractivity contribution in [1.29, 1.82) is 0 Å². The molecule has 0 aromatic rings. The molecule has 3 nitrogen and oxygen atoms in total. The van der Waals surface area contributed by atoms with Crippen molar-refractivity contribution in [2.45, 2.75) is 220 Å². The number of rotatable bonds is 20. The van der Waals surface area contributed by atoms with Crippen LogP contribution in [0.3, 0.4) is 0 Å². The van der Waals surface area contributed by atoms with Gasteiger partial charge in [0.2, 0.25) is 0 Å². The van der Waals surface area contributed by atoms with Crippen LogP contribution >= 0.6 is 0 Å². The highest BCUT2D eigenvalue weighted by Crippen LogP contribution is 2.62. The summed E-state index contributed by atoms with van der Waals surface area (Å²) in [5.74, 6) is 3.11. The van der Waals surface area contributed by atoms with Gasteiger partial charge in [-0.15, -0.1) is 0 Å². The fourth-order valence-corrected chi connectivity index (χ4v) is 11.3. The SMILES string of the molecule is CCCCOC(C)CCC(C(=O)C(CCC(C)OCCCC)(C1CCCCC1)C1CCCCC1)(C1CCCCC1)C1CCCCC1. The molecule has 0 bridgehead atoms. The van der Waals surface area contributed by atoms with Crippen LogP contribution in [0.2, 0.25) is 0 Å². The second-order valence-electron chi connectivity index (χ2n) is 16.9. The van der Waals surface area contributed by atoms with Gasteiger partial charge in [0.05, 0.1) is 12.2 Å². The second-order valence-corrected chi connectivity index (χ2v) is 16.9. The van der Waals surface area contributed by atoms with Gasteiger partial charge < -0.3 is 9.47 Å². The monoisotopic (exact) mass is 643 g/mol. The summed E-state index contributed by atoms with van der Waals surface area (Å²) < 4.78 is 12.9. The van der Waals surface area contributed by atoms with Gasteiger partial charge in [-0.1, -0.05) is 104 Å². The summed E-state index contributed by atoms with van der Waals surface area (Å²) in [6.45, 7) is 10.9. The van der Waals surface area contributed by atoms with Crippen LogP contribution in [-0.4, -0.2) is 31.2 Å². The fourth-order valence-electron chi connectivity index (χ4n) is 11.3. The number of ether oxygens (including phenoxy) is 2. The third-order valence-corrected chi connectivity index (χ3v) is 13.9. The molecule has 46 heavy (non-hydrogen) atoms. The topological polar surface area (TPSA) is 35.5 Å². The van der Waals surface area contributed by atoms with Crippen molar-refractivity contribution in [3.63, 3.8) is 0 Å². The van der Waals surface area contributed by atoms with Gasteiger partial charge in [0.15, 0.2) is 0 Å².